The van der Waals surface area contributed by atoms with Crippen LogP contribution < -0.4 is 15.2 Å². The van der Waals surface area contributed by atoms with Crippen LogP contribution in [0.4, 0.5) is 0 Å². The Hall–Kier alpha value is -1.52. The van der Waals surface area contributed by atoms with E-state index in [0.29, 0.717) is 6.61 Å². The van der Waals surface area contributed by atoms with Crippen LogP contribution in [0.1, 0.15) is 31.7 Å². The van der Waals surface area contributed by atoms with Crippen LogP contribution in [0, 0.1) is 0 Å². The number of rotatable bonds is 5. The average molecular weight is 302 g/mol. The molecule has 0 radical (unpaired) electrons. The summed E-state index contributed by atoms with van der Waals surface area (Å²) in [5.74, 6) is 1.83. The van der Waals surface area contributed by atoms with Crippen LogP contribution >= 0.6 is 0 Å². The van der Waals surface area contributed by atoms with Gasteiger partial charge in [0.2, 0.25) is 0 Å². The fourth-order valence-corrected chi connectivity index (χ4v) is 3.23. The zero-order valence-corrected chi connectivity index (χ0v) is 13.4. The van der Waals surface area contributed by atoms with Crippen molar-refractivity contribution in [1.82, 2.24) is 4.90 Å². The van der Waals surface area contributed by atoms with Crippen molar-refractivity contribution in [2.45, 2.75) is 31.8 Å². The van der Waals surface area contributed by atoms with Gasteiger partial charge in [0.15, 0.2) is 0 Å². The van der Waals surface area contributed by atoms with E-state index in [9.17, 15) is 0 Å². The second-order valence-corrected chi connectivity index (χ2v) is 6.12. The van der Waals surface area contributed by atoms with Crippen molar-refractivity contribution in [3.63, 3.8) is 0 Å². The van der Waals surface area contributed by atoms with Crippen molar-refractivity contribution >= 4 is 6.08 Å². The molecule has 1 spiro atoms. The van der Waals surface area contributed by atoms with Crippen LogP contribution in [-0.4, -0.2) is 43.3 Å². The van der Waals surface area contributed by atoms with E-state index in [1.807, 2.05) is 19.1 Å². The molecular formula is C18H26N2O2. The molecule has 2 heterocycles. The first kappa shape index (κ1) is 15.4. The number of fused-ring (bicyclic) bond motifs is 1. The fourth-order valence-electron chi connectivity index (χ4n) is 3.23. The molecule has 0 aliphatic carbocycles. The number of hydrogen-bond donors (Lipinski definition) is 1. The van der Waals surface area contributed by atoms with Crippen molar-refractivity contribution in [3.05, 3.63) is 29.8 Å². The molecule has 1 saturated heterocycles. The Bertz CT molecular complexity index is 534. The first-order valence-electron chi connectivity index (χ1n) is 8.32. The molecule has 0 amide bonds. The maximum absolute atomic E-state index is 6.38. The number of piperidine rings is 1. The molecule has 120 valence electrons. The van der Waals surface area contributed by atoms with Crippen molar-refractivity contribution in [2.24, 2.45) is 5.73 Å². The average Bonchev–Trinajstić information content (AvgIpc) is 2.54. The van der Waals surface area contributed by atoms with Gasteiger partial charge in [-0.2, -0.15) is 0 Å². The Kier molecular flexibility index (Phi) is 4.69. The van der Waals surface area contributed by atoms with Gasteiger partial charge in [0.25, 0.3) is 0 Å². The van der Waals surface area contributed by atoms with Crippen molar-refractivity contribution < 1.29 is 9.47 Å². The van der Waals surface area contributed by atoms with Crippen molar-refractivity contribution in [2.75, 3.05) is 32.8 Å². The molecule has 2 aliphatic heterocycles. The minimum Gasteiger partial charge on any atom is -0.494 e. The normalized spacial score (nSPS) is 19.7. The van der Waals surface area contributed by atoms with Crippen LogP contribution in [0.15, 0.2) is 24.3 Å². The van der Waals surface area contributed by atoms with E-state index in [0.717, 1.165) is 62.5 Å². The molecule has 4 nitrogen and oxygen atoms in total. The van der Waals surface area contributed by atoms with Gasteiger partial charge in [-0.25, -0.2) is 0 Å². The second-order valence-electron chi connectivity index (χ2n) is 6.12. The monoisotopic (exact) mass is 302 g/mol. The maximum atomic E-state index is 6.38. The molecule has 1 fully saturated rings. The summed E-state index contributed by atoms with van der Waals surface area (Å²) in [4.78, 5) is 2.49. The highest BCUT2D eigenvalue weighted by atomic mass is 16.5. The molecular weight excluding hydrogens is 276 g/mol. The summed E-state index contributed by atoms with van der Waals surface area (Å²) in [5, 5.41) is 0. The van der Waals surface area contributed by atoms with E-state index >= 15 is 0 Å². The van der Waals surface area contributed by atoms with Gasteiger partial charge in [0, 0.05) is 37.6 Å². The summed E-state index contributed by atoms with van der Waals surface area (Å²) in [6.45, 7) is 6.69. The highest BCUT2D eigenvalue weighted by Crippen LogP contribution is 2.38. The Balaban J connectivity index is 1.67. The maximum Gasteiger partial charge on any atom is 0.131 e. The zero-order chi connectivity index (χ0) is 15.4. The van der Waals surface area contributed by atoms with Crippen LogP contribution in [0.2, 0.25) is 0 Å². The van der Waals surface area contributed by atoms with E-state index in [4.69, 9.17) is 15.2 Å². The van der Waals surface area contributed by atoms with Gasteiger partial charge in [-0.05, 0) is 44.6 Å². The van der Waals surface area contributed by atoms with Gasteiger partial charge >= 0.3 is 0 Å². The Morgan fingerprint density at radius 1 is 1.32 bits per heavy atom. The van der Waals surface area contributed by atoms with Gasteiger partial charge in [0.1, 0.15) is 17.1 Å². The molecule has 1 aromatic carbocycles. The van der Waals surface area contributed by atoms with Crippen LogP contribution in [0.3, 0.4) is 0 Å². The Morgan fingerprint density at radius 2 is 2.14 bits per heavy atom. The fraction of sp³-hybridized carbons (Fsp3) is 0.556. The SMILES string of the molecule is CCOc1ccc2c(c1)OC1(C=C2)CCN(CCCN)CC1. The summed E-state index contributed by atoms with van der Waals surface area (Å²) in [7, 11) is 0. The number of likely N-dealkylation sites (tertiary alicyclic amines) is 1. The molecule has 0 aromatic heterocycles. The van der Waals surface area contributed by atoms with Crippen molar-refractivity contribution in [1.29, 1.82) is 0 Å². The minimum absolute atomic E-state index is 0.142. The standard InChI is InChI=1S/C18H26N2O2/c1-2-21-16-5-4-15-6-7-18(22-17(15)14-16)8-12-20(13-9-18)11-3-10-19/h4-7,14H,2-3,8-13,19H2,1H3. The third-order valence-corrected chi connectivity index (χ3v) is 4.56. The smallest absolute Gasteiger partial charge is 0.131 e. The summed E-state index contributed by atoms with van der Waals surface area (Å²) in [5.41, 5.74) is 6.60. The first-order chi connectivity index (χ1) is 10.7. The van der Waals surface area contributed by atoms with Gasteiger partial charge < -0.3 is 20.1 Å². The number of ether oxygens (including phenoxy) is 2. The Labute approximate surface area is 132 Å². The zero-order valence-electron chi connectivity index (χ0n) is 13.4. The molecule has 22 heavy (non-hydrogen) atoms. The number of nitrogens with zero attached hydrogens (tertiary/aromatic N) is 1. The topological polar surface area (TPSA) is 47.7 Å². The third kappa shape index (κ3) is 3.28. The first-order valence-corrected chi connectivity index (χ1v) is 8.32. The number of hydrogen-bond acceptors (Lipinski definition) is 4. The predicted octanol–water partition coefficient (Wildman–Crippen LogP) is 2.67. The van der Waals surface area contributed by atoms with Gasteiger partial charge in [-0.15, -0.1) is 0 Å². The molecule has 0 saturated carbocycles. The predicted molar refractivity (Wildman–Crippen MR) is 89.3 cm³/mol. The highest BCUT2D eigenvalue weighted by molar-refractivity contribution is 5.62. The van der Waals surface area contributed by atoms with Gasteiger partial charge in [-0.1, -0.05) is 6.08 Å². The van der Waals surface area contributed by atoms with Crippen LogP contribution in [0.25, 0.3) is 6.08 Å². The van der Waals surface area contributed by atoms with Gasteiger partial charge in [-0.3, -0.25) is 0 Å². The van der Waals surface area contributed by atoms with E-state index in [1.54, 1.807) is 0 Å². The molecule has 0 unspecified atom stereocenters. The summed E-state index contributed by atoms with van der Waals surface area (Å²) < 4.78 is 12.0. The van der Waals surface area contributed by atoms with Crippen LogP contribution in [0.5, 0.6) is 11.5 Å². The summed E-state index contributed by atoms with van der Waals surface area (Å²) in [6, 6.07) is 6.09. The molecule has 2 aliphatic rings. The molecule has 0 atom stereocenters. The van der Waals surface area contributed by atoms with Gasteiger partial charge in [0.05, 0.1) is 6.61 Å². The largest absolute Gasteiger partial charge is 0.494 e. The lowest BCUT2D eigenvalue weighted by molar-refractivity contribution is 0.0385. The molecule has 3 rings (SSSR count). The molecule has 4 heteroatoms. The summed E-state index contributed by atoms with van der Waals surface area (Å²) >= 11 is 0. The number of nitrogens with two attached hydrogens (primary N) is 1. The molecule has 2 N–H and O–H groups in total. The molecule has 1 aromatic rings. The van der Waals surface area contributed by atoms with E-state index < -0.39 is 0 Å². The number of benzene rings is 1. The summed E-state index contributed by atoms with van der Waals surface area (Å²) in [6.07, 6.45) is 7.59. The van der Waals surface area contributed by atoms with Crippen molar-refractivity contribution in [3.8, 4) is 11.5 Å². The second kappa shape index (κ2) is 6.71. The Morgan fingerprint density at radius 3 is 2.86 bits per heavy atom. The lowest BCUT2D eigenvalue weighted by Crippen LogP contribution is -2.47. The van der Waals surface area contributed by atoms with Crippen LogP contribution in [-0.2, 0) is 0 Å². The highest BCUT2D eigenvalue weighted by Gasteiger charge is 2.36. The van der Waals surface area contributed by atoms with E-state index in [2.05, 4.69) is 23.1 Å². The van der Waals surface area contributed by atoms with E-state index in [1.165, 1.54) is 0 Å². The third-order valence-electron chi connectivity index (χ3n) is 4.56. The van der Waals surface area contributed by atoms with E-state index in [-0.39, 0.29) is 5.60 Å². The lowest BCUT2D eigenvalue weighted by Gasteiger charge is -2.42. The minimum atomic E-state index is -0.142. The lowest BCUT2D eigenvalue weighted by atomic mass is 9.88. The molecule has 0 bridgehead atoms. The quantitative estimate of drug-likeness (QED) is 0.908.